The summed E-state index contributed by atoms with van der Waals surface area (Å²) < 4.78 is 2.11. The summed E-state index contributed by atoms with van der Waals surface area (Å²) >= 11 is 0. The van der Waals surface area contributed by atoms with Crippen molar-refractivity contribution >= 4 is 23.0 Å². The first kappa shape index (κ1) is 23.9. The van der Waals surface area contributed by atoms with Gasteiger partial charge in [0, 0.05) is 43.6 Å². The van der Waals surface area contributed by atoms with Gasteiger partial charge in [0.15, 0.2) is 12.4 Å². The molecule has 0 atom stereocenters. The maximum Gasteiger partial charge on any atom is 0.221 e. The zero-order valence-corrected chi connectivity index (χ0v) is 19.3. The van der Waals surface area contributed by atoms with Crippen LogP contribution in [0.4, 0.5) is 5.69 Å². The zero-order valence-electron chi connectivity index (χ0n) is 19.3. The van der Waals surface area contributed by atoms with Gasteiger partial charge in [0.25, 0.3) is 0 Å². The number of rotatable bonds is 14. The van der Waals surface area contributed by atoms with Crippen molar-refractivity contribution in [2.45, 2.75) is 58.3 Å². The van der Waals surface area contributed by atoms with E-state index < -0.39 is 0 Å². The lowest BCUT2D eigenvalue weighted by molar-refractivity contribution is -0.582. The Kier molecular flexibility index (Phi) is 9.63. The van der Waals surface area contributed by atoms with E-state index in [9.17, 15) is 9.59 Å². The second kappa shape index (κ2) is 12.9. The van der Waals surface area contributed by atoms with Gasteiger partial charge < -0.3 is 5.32 Å². The first-order chi connectivity index (χ1) is 15.7. The molecule has 170 valence electrons. The van der Waals surface area contributed by atoms with Crippen LogP contribution in [0.25, 0.3) is 5.70 Å². The highest BCUT2D eigenvalue weighted by Gasteiger charge is 2.30. The molecule has 5 nitrogen and oxygen atoms in total. The van der Waals surface area contributed by atoms with Gasteiger partial charge in [-0.25, -0.2) is 0 Å². The summed E-state index contributed by atoms with van der Waals surface area (Å²) in [6.45, 7) is 3.94. The van der Waals surface area contributed by atoms with Gasteiger partial charge in [0.1, 0.15) is 11.6 Å². The van der Waals surface area contributed by atoms with Crippen LogP contribution in [0.3, 0.4) is 0 Å². The molecule has 32 heavy (non-hydrogen) atoms. The van der Waals surface area contributed by atoms with Gasteiger partial charge in [-0.15, -0.1) is 0 Å². The SMILES string of the molecule is CCCCCCCC(=O)CCC(=O)CN1CC(Nc2ccccc2)=C([n+]2ccccc2)C1. The fraction of sp³-hybridized carbons (Fsp3) is 0.444. The van der Waals surface area contributed by atoms with E-state index in [4.69, 9.17) is 0 Å². The van der Waals surface area contributed by atoms with Crippen molar-refractivity contribution in [3.8, 4) is 0 Å². The predicted octanol–water partition coefficient (Wildman–Crippen LogP) is 4.85. The summed E-state index contributed by atoms with van der Waals surface area (Å²) in [7, 11) is 0. The third-order valence-corrected chi connectivity index (χ3v) is 5.84. The second-order valence-corrected chi connectivity index (χ2v) is 8.59. The molecule has 0 aliphatic carbocycles. The molecule has 0 unspecified atom stereocenters. The van der Waals surface area contributed by atoms with Crippen molar-refractivity contribution in [1.82, 2.24) is 4.90 Å². The largest absolute Gasteiger partial charge is 0.353 e. The molecule has 0 bridgehead atoms. The van der Waals surface area contributed by atoms with E-state index in [-0.39, 0.29) is 11.6 Å². The van der Waals surface area contributed by atoms with Crippen LogP contribution in [0.5, 0.6) is 0 Å². The number of pyridine rings is 1. The molecule has 2 heterocycles. The first-order valence-corrected chi connectivity index (χ1v) is 11.9. The van der Waals surface area contributed by atoms with E-state index in [0.717, 1.165) is 29.9 Å². The standard InChI is InChI=1S/C27H36N3O2/c1-2-3-4-5-10-15-24(31)16-17-25(32)20-29-21-26(28-23-13-8-6-9-14-23)27(22-29)30-18-11-7-12-19-30/h6-9,11-14,18-19,28H,2-5,10,15-17,20-22H2,1H3/q+1. The second-order valence-electron chi connectivity index (χ2n) is 8.59. The van der Waals surface area contributed by atoms with Crippen molar-refractivity contribution in [2.75, 3.05) is 25.0 Å². The highest BCUT2D eigenvalue weighted by molar-refractivity contribution is 5.87. The van der Waals surface area contributed by atoms with Crippen molar-refractivity contribution in [2.24, 2.45) is 0 Å². The maximum atomic E-state index is 12.6. The molecule has 0 spiro atoms. The normalized spacial score (nSPS) is 14.0. The number of ketones is 2. The number of anilines is 1. The average Bonchev–Trinajstić information content (AvgIpc) is 3.20. The van der Waals surface area contributed by atoms with Crippen LogP contribution in [0.1, 0.15) is 58.3 Å². The van der Waals surface area contributed by atoms with Crippen LogP contribution in [-0.2, 0) is 9.59 Å². The van der Waals surface area contributed by atoms with Gasteiger partial charge in [-0.1, -0.05) is 56.9 Å². The molecular formula is C27H36N3O2+. The van der Waals surface area contributed by atoms with E-state index in [1.807, 2.05) is 60.9 Å². The minimum Gasteiger partial charge on any atom is -0.353 e. The minimum absolute atomic E-state index is 0.141. The van der Waals surface area contributed by atoms with Crippen molar-refractivity contribution in [3.05, 3.63) is 66.6 Å². The number of nitrogens with one attached hydrogen (secondary N) is 1. The topological polar surface area (TPSA) is 53.3 Å². The number of hydrogen-bond donors (Lipinski definition) is 1. The number of para-hydroxylation sites is 1. The Morgan fingerprint density at radius 1 is 0.844 bits per heavy atom. The van der Waals surface area contributed by atoms with Gasteiger partial charge in [-0.3, -0.25) is 14.5 Å². The number of benzene rings is 1. The van der Waals surface area contributed by atoms with Crippen molar-refractivity contribution < 1.29 is 14.2 Å². The number of aromatic nitrogens is 1. The van der Waals surface area contributed by atoms with Crippen LogP contribution in [0.15, 0.2) is 66.6 Å². The van der Waals surface area contributed by atoms with E-state index in [0.29, 0.717) is 38.9 Å². The minimum atomic E-state index is 0.141. The molecular weight excluding hydrogens is 398 g/mol. The van der Waals surface area contributed by atoms with E-state index in [2.05, 4.69) is 21.7 Å². The van der Waals surface area contributed by atoms with Gasteiger partial charge in [-0.05, 0) is 18.6 Å². The highest BCUT2D eigenvalue weighted by atomic mass is 16.1. The lowest BCUT2D eigenvalue weighted by atomic mass is 10.0. The summed E-state index contributed by atoms with van der Waals surface area (Å²) in [6.07, 6.45) is 11.1. The van der Waals surface area contributed by atoms with Crippen molar-refractivity contribution in [1.29, 1.82) is 0 Å². The lowest BCUT2D eigenvalue weighted by Gasteiger charge is -2.14. The highest BCUT2D eigenvalue weighted by Crippen LogP contribution is 2.20. The molecule has 2 aromatic rings. The molecule has 0 saturated heterocycles. The molecule has 0 saturated carbocycles. The maximum absolute atomic E-state index is 12.6. The van der Waals surface area contributed by atoms with E-state index in [1.165, 1.54) is 19.3 Å². The lowest BCUT2D eigenvalue weighted by Crippen LogP contribution is -2.36. The van der Waals surface area contributed by atoms with Crippen molar-refractivity contribution in [3.63, 3.8) is 0 Å². The molecule has 0 radical (unpaired) electrons. The summed E-state index contributed by atoms with van der Waals surface area (Å²) in [5.74, 6) is 0.365. The zero-order chi connectivity index (χ0) is 22.6. The molecule has 1 aromatic carbocycles. The van der Waals surface area contributed by atoms with E-state index >= 15 is 0 Å². The molecule has 1 aliphatic rings. The fourth-order valence-electron chi connectivity index (χ4n) is 4.07. The Bertz CT molecular complexity index is 894. The van der Waals surface area contributed by atoms with E-state index in [1.54, 1.807) is 0 Å². The van der Waals surface area contributed by atoms with Crippen LogP contribution >= 0.6 is 0 Å². The monoisotopic (exact) mass is 434 g/mol. The number of nitrogens with zero attached hydrogens (tertiary/aromatic N) is 2. The Balaban J connectivity index is 1.50. The molecule has 3 rings (SSSR count). The fourth-order valence-corrected chi connectivity index (χ4v) is 4.07. The van der Waals surface area contributed by atoms with Gasteiger partial charge in [-0.2, -0.15) is 4.57 Å². The number of carbonyl (C=O) groups excluding carboxylic acids is 2. The molecule has 5 heteroatoms. The number of hydrogen-bond acceptors (Lipinski definition) is 4. The predicted molar refractivity (Wildman–Crippen MR) is 129 cm³/mol. The molecule has 0 amide bonds. The van der Waals surface area contributed by atoms with Crippen LogP contribution in [-0.4, -0.2) is 36.1 Å². The number of Topliss-reactive ketones (excluding diaryl/α,β-unsaturated/α-hetero) is 2. The average molecular weight is 435 g/mol. The Morgan fingerprint density at radius 2 is 1.53 bits per heavy atom. The molecule has 1 aromatic heterocycles. The summed E-state index contributed by atoms with van der Waals surface area (Å²) in [6, 6.07) is 16.1. The van der Waals surface area contributed by atoms with Gasteiger partial charge in [0.2, 0.25) is 5.70 Å². The first-order valence-electron chi connectivity index (χ1n) is 11.9. The number of carbonyl (C=O) groups is 2. The molecule has 1 aliphatic heterocycles. The van der Waals surface area contributed by atoms with Crippen LogP contribution < -0.4 is 9.88 Å². The third-order valence-electron chi connectivity index (χ3n) is 5.84. The summed E-state index contributed by atoms with van der Waals surface area (Å²) in [5, 5.41) is 3.53. The molecule has 1 N–H and O–H groups in total. The Labute approximate surface area is 192 Å². The Hall–Kier alpha value is -2.79. The quantitative estimate of drug-likeness (QED) is 0.341. The summed E-state index contributed by atoms with van der Waals surface area (Å²) in [4.78, 5) is 26.9. The summed E-state index contributed by atoms with van der Waals surface area (Å²) in [5.41, 5.74) is 3.28. The number of unbranched alkanes of at least 4 members (excludes halogenated alkanes) is 4. The van der Waals surface area contributed by atoms with Crippen LogP contribution in [0.2, 0.25) is 0 Å². The smallest absolute Gasteiger partial charge is 0.221 e. The molecule has 0 fully saturated rings. The van der Waals surface area contributed by atoms with Gasteiger partial charge >= 0.3 is 0 Å². The third kappa shape index (κ3) is 7.72. The Morgan fingerprint density at radius 3 is 2.28 bits per heavy atom. The van der Waals surface area contributed by atoms with Gasteiger partial charge in [0.05, 0.1) is 18.8 Å². The van der Waals surface area contributed by atoms with Crippen LogP contribution in [0, 0.1) is 0 Å².